The summed E-state index contributed by atoms with van der Waals surface area (Å²) >= 11 is 7.23. The summed E-state index contributed by atoms with van der Waals surface area (Å²) in [5.41, 5.74) is 0.470. The van der Waals surface area contributed by atoms with Gasteiger partial charge < -0.3 is 4.98 Å². The molecule has 0 saturated heterocycles. The highest BCUT2D eigenvalue weighted by atomic mass is 35.5. The largest absolute Gasteiger partial charge is 0.359 e. The minimum Gasteiger partial charge on any atom is -0.359 e. The van der Waals surface area contributed by atoms with Crippen molar-refractivity contribution in [2.24, 2.45) is 0 Å². The highest BCUT2D eigenvalue weighted by Gasteiger charge is 2.19. The van der Waals surface area contributed by atoms with Gasteiger partial charge in [-0.25, -0.2) is 12.8 Å². The number of aromatic nitrogens is 1. The van der Waals surface area contributed by atoms with E-state index >= 15 is 0 Å². The van der Waals surface area contributed by atoms with Gasteiger partial charge in [0, 0.05) is 11.6 Å². The lowest BCUT2D eigenvalue weighted by Gasteiger charge is -2.07. The smallest absolute Gasteiger partial charge is 0.263 e. The summed E-state index contributed by atoms with van der Waals surface area (Å²) in [6, 6.07) is 8.43. The molecule has 9 heteroatoms. The van der Waals surface area contributed by atoms with Crippen LogP contribution in [-0.2, 0) is 10.0 Å². The number of hydrogen-bond acceptors (Lipinski definition) is 4. The van der Waals surface area contributed by atoms with E-state index in [1.165, 1.54) is 35.7 Å². The number of H-pyrrole nitrogens is 1. The molecule has 0 atom stereocenters. The molecule has 3 rings (SSSR count). The first-order valence-corrected chi connectivity index (χ1v) is 9.28. The molecular weight excluding hydrogens is 373 g/mol. The van der Waals surface area contributed by atoms with E-state index in [-0.39, 0.29) is 16.1 Å². The zero-order valence-corrected chi connectivity index (χ0v) is 14.3. The molecule has 3 aromatic rings. The number of nitrogens with zero attached hydrogens (tertiary/aromatic N) is 1. The monoisotopic (exact) mass is 381 g/mol. The second kappa shape index (κ2) is 6.28. The molecule has 0 aliphatic heterocycles. The summed E-state index contributed by atoms with van der Waals surface area (Å²) in [6.07, 6.45) is 1.31. The van der Waals surface area contributed by atoms with Crippen LogP contribution >= 0.6 is 22.9 Å². The summed E-state index contributed by atoms with van der Waals surface area (Å²) in [7, 11) is -3.97. The van der Waals surface area contributed by atoms with Crippen molar-refractivity contribution in [1.82, 2.24) is 4.98 Å². The fraction of sp³-hybridized carbons (Fsp3) is 0. The molecule has 0 bridgehead atoms. The van der Waals surface area contributed by atoms with Crippen LogP contribution in [0.25, 0.3) is 10.6 Å². The molecule has 0 spiro atoms. The van der Waals surface area contributed by atoms with Gasteiger partial charge in [-0.1, -0.05) is 11.6 Å². The Bertz CT molecular complexity index is 1050. The van der Waals surface area contributed by atoms with Gasteiger partial charge in [0.2, 0.25) is 0 Å². The minimum atomic E-state index is -3.97. The first kappa shape index (κ1) is 16.5. The van der Waals surface area contributed by atoms with Gasteiger partial charge in [0.05, 0.1) is 32.9 Å². The first-order valence-electron chi connectivity index (χ1n) is 6.54. The molecule has 0 unspecified atom stereocenters. The molecule has 0 aliphatic rings. The Morgan fingerprint density at radius 2 is 2.08 bits per heavy atom. The lowest BCUT2D eigenvalue weighted by atomic mass is 10.2. The molecule has 5 nitrogen and oxygen atoms in total. The summed E-state index contributed by atoms with van der Waals surface area (Å²) in [5.74, 6) is -0.821. The van der Waals surface area contributed by atoms with Crippen molar-refractivity contribution in [2.45, 2.75) is 4.90 Å². The van der Waals surface area contributed by atoms with Gasteiger partial charge >= 0.3 is 0 Å². The van der Waals surface area contributed by atoms with E-state index in [4.69, 9.17) is 16.9 Å². The van der Waals surface area contributed by atoms with Gasteiger partial charge in [-0.15, -0.1) is 11.3 Å². The Balaban J connectivity index is 1.89. The third kappa shape index (κ3) is 3.28. The molecule has 0 radical (unpaired) electrons. The summed E-state index contributed by atoms with van der Waals surface area (Å²) in [5, 5.41) is 11.0. The van der Waals surface area contributed by atoms with Crippen LogP contribution in [0, 0.1) is 17.1 Å². The van der Waals surface area contributed by atoms with Crippen molar-refractivity contribution >= 4 is 38.6 Å². The standard InChI is InChI=1S/C15H9ClFN3O2S2/c16-10-4-15(23-8-10)14-5-11(7-19-14)24(21,22)20-13-2-1-9(6-18)3-12(13)17/h1-5,7-8,19-20H. The normalized spacial score (nSPS) is 11.2. The van der Waals surface area contributed by atoms with Crippen molar-refractivity contribution < 1.29 is 12.8 Å². The quantitative estimate of drug-likeness (QED) is 0.709. The van der Waals surface area contributed by atoms with Crippen LogP contribution in [0.2, 0.25) is 5.02 Å². The second-order valence-corrected chi connectivity index (χ2v) is 7.82. The van der Waals surface area contributed by atoms with Gasteiger partial charge in [-0.2, -0.15) is 5.26 Å². The lowest BCUT2D eigenvalue weighted by Crippen LogP contribution is -2.13. The second-order valence-electron chi connectivity index (χ2n) is 4.79. The number of rotatable bonds is 4. The number of aromatic amines is 1. The molecule has 0 aliphatic carbocycles. The summed E-state index contributed by atoms with van der Waals surface area (Å²) in [4.78, 5) is 3.60. The van der Waals surface area contributed by atoms with E-state index in [1.807, 2.05) is 0 Å². The number of thiophene rings is 1. The molecule has 2 N–H and O–H groups in total. The Morgan fingerprint density at radius 1 is 1.29 bits per heavy atom. The third-order valence-electron chi connectivity index (χ3n) is 3.14. The topological polar surface area (TPSA) is 85.8 Å². The maximum atomic E-state index is 13.9. The number of anilines is 1. The van der Waals surface area contributed by atoms with Crippen molar-refractivity contribution in [1.29, 1.82) is 5.26 Å². The SMILES string of the molecule is N#Cc1ccc(NS(=O)(=O)c2c[nH]c(-c3cc(Cl)cs3)c2)c(F)c1. The van der Waals surface area contributed by atoms with Crippen LogP contribution in [0.1, 0.15) is 5.56 Å². The fourth-order valence-corrected chi connectivity index (χ4v) is 4.11. The molecule has 0 saturated carbocycles. The van der Waals surface area contributed by atoms with Crippen LogP contribution < -0.4 is 4.72 Å². The minimum absolute atomic E-state index is 0.0363. The third-order valence-corrected chi connectivity index (χ3v) is 5.80. The van der Waals surface area contributed by atoms with Crippen LogP contribution in [-0.4, -0.2) is 13.4 Å². The van der Waals surface area contributed by atoms with Crippen LogP contribution in [0.5, 0.6) is 0 Å². The van der Waals surface area contributed by atoms with Crippen molar-refractivity contribution in [3.63, 3.8) is 0 Å². The van der Waals surface area contributed by atoms with E-state index in [9.17, 15) is 12.8 Å². The van der Waals surface area contributed by atoms with Gasteiger partial charge in [-0.3, -0.25) is 4.72 Å². The number of halogens is 2. The Morgan fingerprint density at radius 3 is 2.71 bits per heavy atom. The summed E-state index contributed by atoms with van der Waals surface area (Å²) < 4.78 is 40.8. The number of benzene rings is 1. The maximum absolute atomic E-state index is 13.9. The van der Waals surface area contributed by atoms with Crippen molar-refractivity contribution in [3.05, 3.63) is 58.3 Å². The molecular formula is C15H9ClFN3O2S2. The Kier molecular flexibility index (Phi) is 4.32. The average Bonchev–Trinajstić information content (AvgIpc) is 3.18. The zero-order valence-electron chi connectivity index (χ0n) is 11.9. The first-order chi connectivity index (χ1) is 11.4. The van der Waals surface area contributed by atoms with Gasteiger partial charge in [0.25, 0.3) is 10.0 Å². The Hall–Kier alpha value is -2.34. The fourth-order valence-electron chi connectivity index (χ4n) is 2.00. The molecule has 0 amide bonds. The highest BCUT2D eigenvalue weighted by Crippen LogP contribution is 2.30. The number of nitrogens with one attached hydrogen (secondary N) is 2. The van der Waals surface area contributed by atoms with Gasteiger partial charge in [0.15, 0.2) is 0 Å². The zero-order chi connectivity index (χ0) is 17.3. The van der Waals surface area contributed by atoms with E-state index in [0.29, 0.717) is 10.7 Å². The Labute approximate surface area is 146 Å². The van der Waals surface area contributed by atoms with Crippen LogP contribution in [0.3, 0.4) is 0 Å². The van der Waals surface area contributed by atoms with Crippen molar-refractivity contribution in [2.75, 3.05) is 4.72 Å². The van der Waals surface area contributed by atoms with Crippen molar-refractivity contribution in [3.8, 4) is 16.6 Å². The number of nitriles is 1. The van der Waals surface area contributed by atoms with E-state index in [0.717, 1.165) is 10.9 Å². The summed E-state index contributed by atoms with van der Waals surface area (Å²) in [6.45, 7) is 0. The lowest BCUT2D eigenvalue weighted by molar-refractivity contribution is 0.598. The molecule has 2 aromatic heterocycles. The number of hydrogen-bond donors (Lipinski definition) is 2. The molecule has 24 heavy (non-hydrogen) atoms. The predicted molar refractivity (Wildman–Crippen MR) is 91.0 cm³/mol. The molecule has 122 valence electrons. The molecule has 1 aromatic carbocycles. The van der Waals surface area contributed by atoms with Gasteiger partial charge in [-0.05, 0) is 30.3 Å². The van der Waals surface area contributed by atoms with Gasteiger partial charge in [0.1, 0.15) is 10.7 Å². The number of sulfonamides is 1. The van der Waals surface area contributed by atoms with E-state index in [2.05, 4.69) is 9.71 Å². The average molecular weight is 382 g/mol. The predicted octanol–water partition coefficient (Wildman–Crippen LogP) is 4.21. The van der Waals surface area contributed by atoms with Crippen LogP contribution in [0.4, 0.5) is 10.1 Å². The highest BCUT2D eigenvalue weighted by molar-refractivity contribution is 7.92. The molecule has 2 heterocycles. The molecule has 0 fully saturated rings. The van der Waals surface area contributed by atoms with E-state index < -0.39 is 15.8 Å². The van der Waals surface area contributed by atoms with E-state index in [1.54, 1.807) is 17.5 Å². The van der Waals surface area contributed by atoms with Crippen LogP contribution in [0.15, 0.2) is 46.8 Å². The maximum Gasteiger partial charge on any atom is 0.263 e.